The van der Waals surface area contributed by atoms with Crippen molar-refractivity contribution in [2.45, 2.75) is 37.5 Å². The fourth-order valence-electron chi connectivity index (χ4n) is 3.45. The van der Waals surface area contributed by atoms with Crippen LogP contribution in [-0.4, -0.2) is 15.1 Å². The average Bonchev–Trinajstić information content (AvgIpc) is 3.20. The molecule has 168 valence electrons. The maximum Gasteiger partial charge on any atom is 0.251 e. The molecule has 0 aliphatic heterocycles. The van der Waals surface area contributed by atoms with Gasteiger partial charge in [-0.2, -0.15) is 0 Å². The quantitative estimate of drug-likeness (QED) is 0.382. The summed E-state index contributed by atoms with van der Waals surface area (Å²) < 4.78 is 18.6. The van der Waals surface area contributed by atoms with Gasteiger partial charge in [0.05, 0.1) is 28.3 Å². The van der Waals surface area contributed by atoms with Crippen molar-refractivity contribution < 1.29 is 13.4 Å². The molecule has 0 saturated carbocycles. The minimum atomic E-state index is -1.20. The molecule has 4 aromatic rings. The van der Waals surface area contributed by atoms with E-state index in [2.05, 4.69) is 10.3 Å². The number of hydrogen-bond donors (Lipinski definition) is 1. The predicted molar refractivity (Wildman–Crippen MR) is 130 cm³/mol. The number of amides is 1. The highest BCUT2D eigenvalue weighted by Crippen LogP contribution is 2.24. The Labute approximate surface area is 196 Å². The van der Waals surface area contributed by atoms with Gasteiger partial charge in [0.15, 0.2) is 0 Å². The van der Waals surface area contributed by atoms with Gasteiger partial charge >= 0.3 is 0 Å². The van der Waals surface area contributed by atoms with Gasteiger partial charge in [-0.25, -0.2) is 4.98 Å². The lowest BCUT2D eigenvalue weighted by Gasteiger charge is -2.14. The van der Waals surface area contributed by atoms with Crippen molar-refractivity contribution in [2.75, 3.05) is 0 Å². The van der Waals surface area contributed by atoms with E-state index in [9.17, 15) is 9.00 Å². The number of carbonyl (C=O) groups is 1. The zero-order valence-electron chi connectivity index (χ0n) is 18.9. The summed E-state index contributed by atoms with van der Waals surface area (Å²) in [6.07, 6.45) is 0. The number of nitrogens with zero attached hydrogens (tertiary/aromatic N) is 1. The zero-order chi connectivity index (χ0) is 23.4. The summed E-state index contributed by atoms with van der Waals surface area (Å²) in [5, 5.41) is 3.01. The Kier molecular flexibility index (Phi) is 6.84. The lowest BCUT2D eigenvalue weighted by atomic mass is 10.1. The van der Waals surface area contributed by atoms with Crippen LogP contribution in [0.2, 0.25) is 0 Å². The highest BCUT2D eigenvalue weighted by Gasteiger charge is 2.16. The summed E-state index contributed by atoms with van der Waals surface area (Å²) in [6.45, 7) is 5.78. The van der Waals surface area contributed by atoms with Crippen LogP contribution in [0.25, 0.3) is 11.5 Å². The van der Waals surface area contributed by atoms with Crippen molar-refractivity contribution in [3.8, 4) is 11.5 Å². The Morgan fingerprint density at radius 1 is 0.970 bits per heavy atom. The van der Waals surface area contributed by atoms with Crippen molar-refractivity contribution in [2.24, 2.45) is 0 Å². The summed E-state index contributed by atoms with van der Waals surface area (Å²) in [7, 11) is -1.20. The molecule has 3 aromatic carbocycles. The number of nitrogens with one attached hydrogen (secondary N) is 1. The van der Waals surface area contributed by atoms with Crippen LogP contribution < -0.4 is 5.32 Å². The third-order valence-corrected chi connectivity index (χ3v) is 6.82. The molecule has 33 heavy (non-hydrogen) atoms. The molecular weight excluding hydrogens is 432 g/mol. The second kappa shape index (κ2) is 9.96. The van der Waals surface area contributed by atoms with Gasteiger partial charge in [0, 0.05) is 16.0 Å². The lowest BCUT2D eigenvalue weighted by Crippen LogP contribution is -2.26. The topological polar surface area (TPSA) is 72.2 Å². The number of hydrogen-bond acceptors (Lipinski definition) is 4. The van der Waals surface area contributed by atoms with E-state index in [0.717, 1.165) is 21.6 Å². The smallest absolute Gasteiger partial charge is 0.251 e. The van der Waals surface area contributed by atoms with E-state index in [0.29, 0.717) is 22.9 Å². The number of aryl methyl sites for hydroxylation is 2. The van der Waals surface area contributed by atoms with Gasteiger partial charge in [-0.1, -0.05) is 48.0 Å². The summed E-state index contributed by atoms with van der Waals surface area (Å²) in [4.78, 5) is 18.0. The van der Waals surface area contributed by atoms with Gasteiger partial charge in [-0.3, -0.25) is 9.00 Å². The van der Waals surface area contributed by atoms with Crippen LogP contribution in [0.4, 0.5) is 0 Å². The molecule has 0 radical (unpaired) electrons. The number of benzene rings is 3. The molecule has 0 saturated heterocycles. The van der Waals surface area contributed by atoms with Crippen LogP contribution in [0.15, 0.2) is 88.2 Å². The van der Waals surface area contributed by atoms with Crippen molar-refractivity contribution in [1.29, 1.82) is 0 Å². The maximum atomic E-state index is 12.7. The number of oxazole rings is 1. The summed E-state index contributed by atoms with van der Waals surface area (Å²) in [6, 6.07) is 24.5. The molecular formula is C27H26N2O3S. The van der Waals surface area contributed by atoms with Gasteiger partial charge in [0.1, 0.15) is 5.76 Å². The van der Waals surface area contributed by atoms with Crippen LogP contribution in [0.5, 0.6) is 0 Å². The highest BCUT2D eigenvalue weighted by atomic mass is 32.2. The third kappa shape index (κ3) is 5.46. The predicted octanol–water partition coefficient (Wildman–Crippen LogP) is 5.76. The second-order valence-corrected chi connectivity index (χ2v) is 9.46. The fraction of sp³-hybridized carbons (Fsp3) is 0.185. The Morgan fingerprint density at radius 2 is 1.64 bits per heavy atom. The molecule has 0 fully saturated rings. The molecule has 2 atom stereocenters. The summed E-state index contributed by atoms with van der Waals surface area (Å²) >= 11 is 0. The Morgan fingerprint density at radius 3 is 2.30 bits per heavy atom. The first-order chi connectivity index (χ1) is 15.9. The van der Waals surface area contributed by atoms with Crippen molar-refractivity contribution in [1.82, 2.24) is 10.3 Å². The molecule has 5 nitrogen and oxygen atoms in total. The SMILES string of the molecule is Cc1ccc(S(=O)Cc2nc(-c3ccc(C(=O)NC(C)c4ccccc4)cc3)oc2C)cc1. The van der Waals surface area contributed by atoms with E-state index in [4.69, 9.17) is 4.42 Å². The standard InChI is InChI=1S/C27H26N2O3S/c1-18-9-15-24(16-10-18)33(31)17-25-20(3)32-27(29-25)23-13-11-22(12-14-23)26(30)28-19(2)21-7-5-4-6-8-21/h4-16,19H,17H2,1-3H3,(H,28,30). The fourth-order valence-corrected chi connectivity index (χ4v) is 4.57. The summed E-state index contributed by atoms with van der Waals surface area (Å²) in [5.74, 6) is 1.24. The van der Waals surface area contributed by atoms with Gasteiger partial charge in [0.25, 0.3) is 5.91 Å². The Bertz CT molecular complexity index is 1260. The molecule has 1 N–H and O–H groups in total. The van der Waals surface area contributed by atoms with E-state index < -0.39 is 10.8 Å². The van der Waals surface area contributed by atoms with Crippen LogP contribution >= 0.6 is 0 Å². The van der Waals surface area contributed by atoms with E-state index in [1.165, 1.54) is 0 Å². The van der Waals surface area contributed by atoms with Crippen molar-refractivity contribution >= 4 is 16.7 Å². The van der Waals surface area contributed by atoms with E-state index in [1.54, 1.807) is 12.1 Å². The average molecular weight is 459 g/mol. The van der Waals surface area contributed by atoms with Crippen molar-refractivity contribution in [3.63, 3.8) is 0 Å². The van der Waals surface area contributed by atoms with Gasteiger partial charge in [-0.15, -0.1) is 0 Å². The maximum absolute atomic E-state index is 12.7. The normalized spacial score (nSPS) is 12.8. The molecule has 4 rings (SSSR count). The van der Waals surface area contributed by atoms with Gasteiger partial charge in [0.2, 0.25) is 5.89 Å². The number of carbonyl (C=O) groups excluding carboxylic acids is 1. The van der Waals surface area contributed by atoms with E-state index in [1.807, 2.05) is 87.5 Å². The molecule has 0 bridgehead atoms. The van der Waals surface area contributed by atoms with Crippen LogP contribution in [0.3, 0.4) is 0 Å². The minimum absolute atomic E-state index is 0.0928. The molecule has 1 amide bonds. The minimum Gasteiger partial charge on any atom is -0.441 e. The molecule has 6 heteroatoms. The van der Waals surface area contributed by atoms with Gasteiger partial charge < -0.3 is 9.73 Å². The Hall–Kier alpha value is -3.51. The van der Waals surface area contributed by atoms with Crippen LogP contribution in [0.1, 0.15) is 45.9 Å². The number of rotatable bonds is 7. The first kappa shape index (κ1) is 22.7. The van der Waals surface area contributed by atoms with Crippen LogP contribution in [-0.2, 0) is 16.6 Å². The van der Waals surface area contributed by atoms with Crippen LogP contribution in [0, 0.1) is 13.8 Å². The first-order valence-corrected chi connectivity index (χ1v) is 12.1. The lowest BCUT2D eigenvalue weighted by molar-refractivity contribution is 0.0940. The Balaban J connectivity index is 1.44. The van der Waals surface area contributed by atoms with E-state index >= 15 is 0 Å². The van der Waals surface area contributed by atoms with Crippen molar-refractivity contribution in [3.05, 3.63) is 107 Å². The summed E-state index contributed by atoms with van der Waals surface area (Å²) in [5.41, 5.74) is 4.17. The second-order valence-electron chi connectivity index (χ2n) is 8.01. The third-order valence-electron chi connectivity index (χ3n) is 5.49. The molecule has 1 aromatic heterocycles. The molecule has 2 unspecified atom stereocenters. The molecule has 0 spiro atoms. The molecule has 1 heterocycles. The largest absolute Gasteiger partial charge is 0.441 e. The molecule has 0 aliphatic carbocycles. The van der Waals surface area contributed by atoms with E-state index in [-0.39, 0.29) is 17.7 Å². The zero-order valence-corrected chi connectivity index (χ0v) is 19.7. The highest BCUT2D eigenvalue weighted by molar-refractivity contribution is 7.84. The molecule has 0 aliphatic rings. The van der Waals surface area contributed by atoms with Gasteiger partial charge in [-0.05, 0) is 62.7 Å². The first-order valence-electron chi connectivity index (χ1n) is 10.8. The monoisotopic (exact) mass is 458 g/mol. The number of aromatic nitrogens is 1.